The van der Waals surface area contributed by atoms with Gasteiger partial charge in [-0.05, 0) is 35.4 Å². The van der Waals surface area contributed by atoms with Gasteiger partial charge in [-0.3, -0.25) is 0 Å². The number of methoxy groups -OCH3 is 5. The Morgan fingerprint density at radius 3 is 1.32 bits per heavy atom. The molecule has 0 spiro atoms. The maximum Gasteiger partial charge on any atom is 0.203 e. The van der Waals surface area contributed by atoms with E-state index in [1.54, 1.807) is 35.5 Å². The lowest BCUT2D eigenvalue weighted by atomic mass is 10.0. The van der Waals surface area contributed by atoms with E-state index in [0.717, 1.165) is 11.1 Å². The summed E-state index contributed by atoms with van der Waals surface area (Å²) >= 11 is 0. The van der Waals surface area contributed by atoms with Crippen molar-refractivity contribution in [1.82, 2.24) is 0 Å². The predicted molar refractivity (Wildman–Crippen MR) is 84.6 cm³/mol. The third kappa shape index (κ3) is 3.03. The molecule has 5 nitrogen and oxygen atoms in total. The molecule has 0 aliphatic carbocycles. The highest BCUT2D eigenvalue weighted by molar-refractivity contribution is 5.73. The Bertz CT molecular complexity index is 604. The molecule has 0 heterocycles. The Kier molecular flexibility index (Phi) is 4.99. The van der Waals surface area contributed by atoms with Gasteiger partial charge in [0.25, 0.3) is 0 Å². The van der Waals surface area contributed by atoms with E-state index in [4.69, 9.17) is 23.7 Å². The maximum atomic E-state index is 5.39. The summed E-state index contributed by atoms with van der Waals surface area (Å²) in [5, 5.41) is 0. The first kappa shape index (κ1) is 15.8. The van der Waals surface area contributed by atoms with Gasteiger partial charge in [0.15, 0.2) is 11.5 Å². The zero-order valence-corrected chi connectivity index (χ0v) is 13.4. The van der Waals surface area contributed by atoms with E-state index in [-0.39, 0.29) is 0 Å². The molecule has 0 radical (unpaired) electrons. The van der Waals surface area contributed by atoms with Crippen LogP contribution < -0.4 is 23.7 Å². The van der Waals surface area contributed by atoms with Crippen molar-refractivity contribution in [3.63, 3.8) is 0 Å². The van der Waals surface area contributed by atoms with Crippen molar-refractivity contribution in [2.75, 3.05) is 35.5 Å². The number of ether oxygens (including phenoxy) is 5. The lowest BCUT2D eigenvalue weighted by Gasteiger charge is -2.15. The maximum absolute atomic E-state index is 5.39. The molecule has 0 fully saturated rings. The third-order valence-electron chi connectivity index (χ3n) is 3.35. The Hall–Kier alpha value is -2.56. The van der Waals surface area contributed by atoms with Crippen molar-refractivity contribution in [1.29, 1.82) is 0 Å². The van der Waals surface area contributed by atoms with Crippen LogP contribution in [0.4, 0.5) is 0 Å². The molecule has 2 rings (SSSR count). The molecule has 22 heavy (non-hydrogen) atoms. The highest BCUT2D eigenvalue weighted by Crippen LogP contribution is 2.42. The van der Waals surface area contributed by atoms with Crippen molar-refractivity contribution >= 4 is 0 Å². The minimum absolute atomic E-state index is 0.559. The molecule has 0 unspecified atom stereocenters. The lowest BCUT2D eigenvalue weighted by molar-refractivity contribution is 0.324. The predicted octanol–water partition coefficient (Wildman–Crippen LogP) is 3.40. The van der Waals surface area contributed by atoms with Crippen molar-refractivity contribution in [2.24, 2.45) is 0 Å². The summed E-state index contributed by atoms with van der Waals surface area (Å²) < 4.78 is 26.7. The van der Waals surface area contributed by atoms with Gasteiger partial charge in [-0.25, -0.2) is 0 Å². The molecule has 5 heteroatoms. The zero-order valence-electron chi connectivity index (χ0n) is 13.4. The van der Waals surface area contributed by atoms with E-state index in [1.807, 2.05) is 30.3 Å². The number of hydrogen-bond donors (Lipinski definition) is 0. The van der Waals surface area contributed by atoms with E-state index in [0.29, 0.717) is 28.7 Å². The number of hydrogen-bond acceptors (Lipinski definition) is 5. The topological polar surface area (TPSA) is 46.2 Å². The highest BCUT2D eigenvalue weighted by Gasteiger charge is 2.15. The summed E-state index contributed by atoms with van der Waals surface area (Å²) in [6.45, 7) is 0. The number of benzene rings is 2. The van der Waals surface area contributed by atoms with Crippen LogP contribution in [-0.2, 0) is 0 Å². The van der Waals surface area contributed by atoms with E-state index in [9.17, 15) is 0 Å². The Morgan fingerprint density at radius 2 is 0.955 bits per heavy atom. The van der Waals surface area contributed by atoms with Crippen LogP contribution in [0.3, 0.4) is 0 Å². The fourth-order valence-electron chi connectivity index (χ4n) is 2.22. The molecule has 0 atom stereocenters. The summed E-state index contributed by atoms with van der Waals surface area (Å²) in [5.41, 5.74) is 1.84. The third-order valence-corrected chi connectivity index (χ3v) is 3.35. The van der Waals surface area contributed by atoms with Gasteiger partial charge in [0.1, 0.15) is 11.5 Å². The van der Waals surface area contributed by atoms with Crippen molar-refractivity contribution in [2.45, 2.75) is 0 Å². The molecule has 0 saturated heterocycles. The summed E-state index contributed by atoms with van der Waals surface area (Å²) in [4.78, 5) is 0. The molecule has 0 N–H and O–H groups in total. The largest absolute Gasteiger partial charge is 0.497 e. The molecular weight excluding hydrogens is 284 g/mol. The van der Waals surface area contributed by atoms with Crippen LogP contribution in [-0.4, -0.2) is 35.5 Å². The molecule has 0 saturated carbocycles. The van der Waals surface area contributed by atoms with E-state index in [1.165, 1.54) is 0 Å². The normalized spacial score (nSPS) is 10.0. The van der Waals surface area contributed by atoms with Crippen LogP contribution in [0.5, 0.6) is 28.7 Å². The van der Waals surface area contributed by atoms with Crippen molar-refractivity contribution in [3.8, 4) is 39.9 Å². The SMILES string of the molecule is COc1cc(OC)cc(-c2cc(OC)c(OC)c(OC)c2)c1. The van der Waals surface area contributed by atoms with Crippen molar-refractivity contribution in [3.05, 3.63) is 30.3 Å². The Labute approximate surface area is 130 Å². The van der Waals surface area contributed by atoms with E-state index >= 15 is 0 Å². The van der Waals surface area contributed by atoms with Gasteiger partial charge in [0.2, 0.25) is 5.75 Å². The molecule has 2 aromatic carbocycles. The second-order valence-electron chi connectivity index (χ2n) is 4.52. The first-order valence-corrected chi connectivity index (χ1v) is 6.70. The molecule has 0 aliphatic heterocycles. The fourth-order valence-corrected chi connectivity index (χ4v) is 2.22. The van der Waals surface area contributed by atoms with Gasteiger partial charge in [-0.15, -0.1) is 0 Å². The second-order valence-corrected chi connectivity index (χ2v) is 4.52. The Balaban J connectivity index is 2.61. The summed E-state index contributed by atoms with van der Waals surface area (Å²) in [6, 6.07) is 9.43. The molecule has 0 aromatic heterocycles. The zero-order chi connectivity index (χ0) is 16.1. The second kappa shape index (κ2) is 6.93. The minimum Gasteiger partial charge on any atom is -0.497 e. The van der Waals surface area contributed by atoms with Crippen LogP contribution in [0.2, 0.25) is 0 Å². The average molecular weight is 304 g/mol. The smallest absolute Gasteiger partial charge is 0.203 e. The molecular formula is C17H20O5. The first-order valence-electron chi connectivity index (χ1n) is 6.70. The van der Waals surface area contributed by atoms with Gasteiger partial charge in [0, 0.05) is 6.07 Å². The molecule has 0 amide bonds. The van der Waals surface area contributed by atoms with Crippen molar-refractivity contribution < 1.29 is 23.7 Å². The highest BCUT2D eigenvalue weighted by atomic mass is 16.5. The summed E-state index contributed by atoms with van der Waals surface area (Å²) in [6.07, 6.45) is 0. The standard InChI is InChI=1S/C17H20O5/c1-18-13-6-11(7-14(10-13)19-2)12-8-15(20-3)17(22-5)16(9-12)21-4/h6-10H,1-5H3. The fraction of sp³-hybridized carbons (Fsp3) is 0.294. The van der Waals surface area contributed by atoms with Gasteiger partial charge < -0.3 is 23.7 Å². The van der Waals surface area contributed by atoms with Gasteiger partial charge >= 0.3 is 0 Å². The van der Waals surface area contributed by atoms with Gasteiger partial charge in [-0.2, -0.15) is 0 Å². The van der Waals surface area contributed by atoms with Gasteiger partial charge in [0.05, 0.1) is 35.5 Å². The van der Waals surface area contributed by atoms with Crippen LogP contribution in [0.25, 0.3) is 11.1 Å². The Morgan fingerprint density at radius 1 is 0.500 bits per heavy atom. The van der Waals surface area contributed by atoms with Crippen LogP contribution in [0, 0.1) is 0 Å². The molecule has 2 aromatic rings. The van der Waals surface area contributed by atoms with Gasteiger partial charge in [-0.1, -0.05) is 0 Å². The lowest BCUT2D eigenvalue weighted by Crippen LogP contribution is -1.96. The molecule has 118 valence electrons. The minimum atomic E-state index is 0.559. The molecule has 0 aliphatic rings. The van der Waals surface area contributed by atoms with Crippen LogP contribution in [0.15, 0.2) is 30.3 Å². The average Bonchev–Trinajstić information content (AvgIpc) is 2.59. The van der Waals surface area contributed by atoms with Crippen LogP contribution >= 0.6 is 0 Å². The van der Waals surface area contributed by atoms with E-state index < -0.39 is 0 Å². The van der Waals surface area contributed by atoms with E-state index in [2.05, 4.69) is 0 Å². The summed E-state index contributed by atoms with van der Waals surface area (Å²) in [5.74, 6) is 3.17. The van der Waals surface area contributed by atoms with Crippen LogP contribution in [0.1, 0.15) is 0 Å². The quantitative estimate of drug-likeness (QED) is 0.818. The summed E-state index contributed by atoms with van der Waals surface area (Å²) in [7, 11) is 8.00. The molecule has 0 bridgehead atoms. The monoisotopic (exact) mass is 304 g/mol. The number of rotatable bonds is 6. The first-order chi connectivity index (χ1) is 10.7.